The van der Waals surface area contributed by atoms with Crippen LogP contribution in [0.5, 0.6) is 0 Å². The molecule has 9 heteroatoms. The quantitative estimate of drug-likeness (QED) is 0.646. The van der Waals surface area contributed by atoms with Gasteiger partial charge in [0.15, 0.2) is 9.84 Å². The Hall–Kier alpha value is -1.77. The molecule has 1 aromatic carbocycles. The Morgan fingerprint density at radius 3 is 2.63 bits per heavy atom. The van der Waals surface area contributed by atoms with Crippen LogP contribution in [0.2, 0.25) is 5.02 Å². The molecule has 30 heavy (non-hydrogen) atoms. The minimum atomic E-state index is -3.38. The Labute approximate surface area is 180 Å². The maximum Gasteiger partial charge on any atom is 0.232 e. The summed E-state index contributed by atoms with van der Waals surface area (Å²) in [6, 6.07) is 3.55. The summed E-state index contributed by atoms with van der Waals surface area (Å²) in [5.41, 5.74) is 7.60. The maximum atomic E-state index is 15.0. The monoisotopic (exact) mass is 453 g/mol. The van der Waals surface area contributed by atoms with E-state index in [4.69, 9.17) is 21.9 Å². The molecular formula is C21H25ClFN3O3S. The molecule has 0 aliphatic heterocycles. The van der Waals surface area contributed by atoms with Gasteiger partial charge in [0.25, 0.3) is 0 Å². The van der Waals surface area contributed by atoms with E-state index in [1.54, 1.807) is 6.07 Å². The molecule has 2 atom stereocenters. The first kappa shape index (κ1) is 21.5. The van der Waals surface area contributed by atoms with Crippen LogP contribution in [-0.4, -0.2) is 30.9 Å². The zero-order valence-corrected chi connectivity index (χ0v) is 18.3. The van der Waals surface area contributed by atoms with Crippen molar-refractivity contribution in [3.05, 3.63) is 40.5 Å². The predicted octanol–water partition coefficient (Wildman–Crippen LogP) is 4.80. The largest absolute Gasteiger partial charge is 0.339 e. The van der Waals surface area contributed by atoms with E-state index in [1.807, 2.05) is 0 Å². The summed E-state index contributed by atoms with van der Waals surface area (Å²) >= 11 is 6.27. The maximum absolute atomic E-state index is 15.0. The summed E-state index contributed by atoms with van der Waals surface area (Å²) in [5, 5.41) is 4.21. The second-order valence-corrected chi connectivity index (χ2v) is 10.8. The number of benzene rings is 1. The lowest BCUT2D eigenvalue weighted by atomic mass is 9.91. The van der Waals surface area contributed by atoms with Gasteiger partial charge in [-0.05, 0) is 61.8 Å². The first-order valence-corrected chi connectivity index (χ1v) is 12.5. The van der Waals surface area contributed by atoms with Crippen LogP contribution in [0.4, 0.5) is 4.39 Å². The summed E-state index contributed by atoms with van der Waals surface area (Å²) in [4.78, 5) is 4.57. The minimum absolute atomic E-state index is 0.110. The molecule has 2 aliphatic carbocycles. The Kier molecular flexibility index (Phi) is 6.01. The number of sulfone groups is 1. The molecule has 162 valence electrons. The molecule has 1 aromatic heterocycles. The Morgan fingerprint density at radius 2 is 2.03 bits per heavy atom. The van der Waals surface area contributed by atoms with E-state index in [2.05, 4.69) is 10.1 Å². The van der Waals surface area contributed by atoms with Crippen molar-refractivity contribution in [2.24, 2.45) is 11.7 Å². The summed E-state index contributed by atoms with van der Waals surface area (Å²) in [6.45, 7) is 0. The molecule has 2 saturated carbocycles. The molecule has 4 rings (SSSR count). The zero-order chi connectivity index (χ0) is 21.5. The number of nitrogens with two attached hydrogens (primary N) is 1. The van der Waals surface area contributed by atoms with Gasteiger partial charge in [0, 0.05) is 11.8 Å². The van der Waals surface area contributed by atoms with Crippen LogP contribution in [0.3, 0.4) is 0 Å². The van der Waals surface area contributed by atoms with E-state index in [0.29, 0.717) is 23.8 Å². The third-order valence-corrected chi connectivity index (χ3v) is 7.35. The lowest BCUT2D eigenvalue weighted by molar-refractivity contribution is 0.315. The van der Waals surface area contributed by atoms with Gasteiger partial charge in [-0.15, -0.1) is 0 Å². The molecule has 2 aliphatic rings. The van der Waals surface area contributed by atoms with E-state index in [0.717, 1.165) is 50.4 Å². The number of hydrogen-bond donors (Lipinski definition) is 1. The molecule has 6 nitrogen and oxygen atoms in total. The lowest BCUT2D eigenvalue weighted by Gasteiger charge is -2.20. The van der Waals surface area contributed by atoms with Gasteiger partial charge < -0.3 is 10.3 Å². The Balaban J connectivity index is 1.63. The van der Waals surface area contributed by atoms with Crippen molar-refractivity contribution < 1.29 is 17.3 Å². The van der Waals surface area contributed by atoms with Crippen molar-refractivity contribution in [2.75, 3.05) is 6.26 Å². The normalized spacial score (nSPS) is 19.1. The first-order chi connectivity index (χ1) is 14.2. The van der Waals surface area contributed by atoms with Gasteiger partial charge in [-0.3, -0.25) is 0 Å². The standard InChI is InChI=1S/C21H25ClFN3O3S/c1-30(27,28)14-8-9-15(17(22)11-14)20-25-21(29-26-20)16(10-12-6-7-12)19(24)18(23)13-4-2-3-5-13/h8-9,11-12,16,19H,2-7,10,24H2,1H3. The molecule has 2 N–H and O–H groups in total. The van der Waals surface area contributed by atoms with E-state index < -0.39 is 21.8 Å². The van der Waals surface area contributed by atoms with Gasteiger partial charge in [-0.1, -0.05) is 29.6 Å². The number of aromatic nitrogens is 2. The van der Waals surface area contributed by atoms with Gasteiger partial charge in [0.2, 0.25) is 11.7 Å². The van der Waals surface area contributed by atoms with Gasteiger partial charge >= 0.3 is 0 Å². The average molecular weight is 454 g/mol. The molecule has 2 fully saturated rings. The fourth-order valence-corrected chi connectivity index (χ4v) is 4.95. The zero-order valence-electron chi connectivity index (χ0n) is 16.8. The van der Waals surface area contributed by atoms with Crippen molar-refractivity contribution >= 4 is 21.4 Å². The first-order valence-electron chi connectivity index (χ1n) is 10.2. The third kappa shape index (κ3) is 4.60. The topological polar surface area (TPSA) is 99.1 Å². The minimum Gasteiger partial charge on any atom is -0.339 e. The molecule has 0 radical (unpaired) electrons. The number of allylic oxidation sites excluding steroid dienone is 1. The van der Waals surface area contributed by atoms with E-state index in [-0.39, 0.29) is 21.6 Å². The fraction of sp³-hybridized carbons (Fsp3) is 0.524. The molecule has 2 aromatic rings. The van der Waals surface area contributed by atoms with E-state index >= 15 is 4.39 Å². The van der Waals surface area contributed by atoms with Crippen molar-refractivity contribution in [1.29, 1.82) is 0 Å². The summed E-state index contributed by atoms with van der Waals surface area (Å²) in [5.74, 6) is 0.378. The summed E-state index contributed by atoms with van der Waals surface area (Å²) < 4.78 is 44.0. The van der Waals surface area contributed by atoms with Crippen LogP contribution in [0.25, 0.3) is 11.4 Å². The van der Waals surface area contributed by atoms with E-state index in [9.17, 15) is 8.42 Å². The Bertz CT molecular complexity index is 1070. The number of hydrogen-bond acceptors (Lipinski definition) is 6. The smallest absolute Gasteiger partial charge is 0.232 e. The highest BCUT2D eigenvalue weighted by molar-refractivity contribution is 7.90. The summed E-state index contributed by atoms with van der Waals surface area (Å²) in [6.07, 6.45) is 7.51. The van der Waals surface area contributed by atoms with Crippen LogP contribution in [0, 0.1) is 5.92 Å². The highest BCUT2D eigenvalue weighted by Gasteiger charge is 2.36. The lowest BCUT2D eigenvalue weighted by Crippen LogP contribution is -2.30. The highest BCUT2D eigenvalue weighted by atomic mass is 35.5. The molecule has 0 saturated heterocycles. The van der Waals surface area contributed by atoms with Gasteiger partial charge in [0.05, 0.1) is 21.9 Å². The van der Waals surface area contributed by atoms with Crippen molar-refractivity contribution in [2.45, 2.75) is 61.8 Å². The van der Waals surface area contributed by atoms with Gasteiger partial charge in [-0.2, -0.15) is 4.98 Å². The number of nitrogens with zero attached hydrogens (tertiary/aromatic N) is 2. The van der Waals surface area contributed by atoms with Crippen LogP contribution in [-0.2, 0) is 9.84 Å². The van der Waals surface area contributed by atoms with Crippen LogP contribution in [0.1, 0.15) is 56.8 Å². The number of rotatable bonds is 7. The molecule has 0 spiro atoms. The fourth-order valence-electron chi connectivity index (χ4n) is 3.97. The van der Waals surface area contributed by atoms with E-state index in [1.165, 1.54) is 12.1 Å². The third-order valence-electron chi connectivity index (χ3n) is 5.92. The second kappa shape index (κ2) is 8.40. The van der Waals surface area contributed by atoms with Crippen LogP contribution in [0.15, 0.2) is 39.0 Å². The molecule has 0 amide bonds. The van der Waals surface area contributed by atoms with Gasteiger partial charge in [0.1, 0.15) is 5.83 Å². The molecule has 2 unspecified atom stereocenters. The van der Waals surface area contributed by atoms with Crippen molar-refractivity contribution in [1.82, 2.24) is 10.1 Å². The predicted molar refractivity (Wildman–Crippen MR) is 113 cm³/mol. The second-order valence-electron chi connectivity index (χ2n) is 8.34. The SMILES string of the molecule is CS(=O)(=O)c1ccc(-c2noc(C(CC3CC3)C(N)C(F)=C3CCCC3)n2)c(Cl)c1. The van der Waals surface area contributed by atoms with Crippen LogP contribution < -0.4 is 5.73 Å². The highest BCUT2D eigenvalue weighted by Crippen LogP contribution is 2.42. The Morgan fingerprint density at radius 1 is 1.33 bits per heavy atom. The molecule has 1 heterocycles. The number of halogens is 2. The molecule has 0 bridgehead atoms. The van der Waals surface area contributed by atoms with Crippen LogP contribution >= 0.6 is 11.6 Å². The molecular weight excluding hydrogens is 429 g/mol. The van der Waals surface area contributed by atoms with Gasteiger partial charge in [-0.25, -0.2) is 12.8 Å². The average Bonchev–Trinajstić information content (AvgIpc) is 3.17. The van der Waals surface area contributed by atoms with Crippen molar-refractivity contribution in [3.63, 3.8) is 0 Å². The van der Waals surface area contributed by atoms with Crippen molar-refractivity contribution in [3.8, 4) is 11.4 Å². The summed E-state index contributed by atoms with van der Waals surface area (Å²) in [7, 11) is -3.38.